The van der Waals surface area contributed by atoms with Gasteiger partial charge in [-0.3, -0.25) is 0 Å². The average Bonchev–Trinajstić information content (AvgIpc) is 2.77. The summed E-state index contributed by atoms with van der Waals surface area (Å²) in [5, 5.41) is 0.763. The Hall–Kier alpha value is -1.26. The van der Waals surface area contributed by atoms with Gasteiger partial charge in [0.15, 0.2) is 0 Å². The van der Waals surface area contributed by atoms with Crippen molar-refractivity contribution in [3.05, 3.63) is 40.2 Å². The minimum absolute atomic E-state index is 0.0767. The second kappa shape index (κ2) is 4.44. The first-order valence-electron chi connectivity index (χ1n) is 6.17. The molecule has 1 atom stereocenters. The van der Waals surface area contributed by atoms with Crippen molar-refractivity contribution in [2.45, 2.75) is 32.2 Å². The van der Waals surface area contributed by atoms with Gasteiger partial charge in [-0.1, -0.05) is 11.6 Å². The van der Waals surface area contributed by atoms with E-state index in [1.165, 1.54) is 6.07 Å². The first-order valence-corrected chi connectivity index (χ1v) is 6.98. The number of benzene rings is 1. The van der Waals surface area contributed by atoms with E-state index in [1.54, 1.807) is 17.4 Å². The highest BCUT2D eigenvalue weighted by molar-refractivity contribution is 7.15. The lowest BCUT2D eigenvalue weighted by molar-refractivity contribution is 0.573. The van der Waals surface area contributed by atoms with Crippen molar-refractivity contribution in [1.29, 1.82) is 0 Å². The fourth-order valence-electron chi connectivity index (χ4n) is 2.37. The fraction of sp³-hybridized carbons (Fsp3) is 0.357. The van der Waals surface area contributed by atoms with Crippen LogP contribution in [-0.4, -0.2) is 4.98 Å². The Bertz CT molecular complexity index is 591. The number of rotatable bonds is 1. The number of hydrogen-bond donors (Lipinski definition) is 1. The van der Waals surface area contributed by atoms with Crippen LogP contribution in [0.2, 0.25) is 0 Å². The number of nitrogens with two attached hydrogens (primary N) is 1. The molecule has 1 heterocycles. The molecule has 0 radical (unpaired) electrons. The normalized spacial score (nSPS) is 18.7. The van der Waals surface area contributed by atoms with Crippen molar-refractivity contribution < 1.29 is 4.39 Å². The number of fused-ring (bicyclic) bond motifs is 1. The first kappa shape index (κ1) is 11.8. The summed E-state index contributed by atoms with van der Waals surface area (Å²) in [6.45, 7) is 1.96. The molecule has 0 saturated carbocycles. The van der Waals surface area contributed by atoms with E-state index in [9.17, 15) is 4.39 Å². The molecule has 3 rings (SSSR count). The minimum Gasteiger partial charge on any atom is -0.323 e. The number of thiazole rings is 1. The second-order valence-corrected chi connectivity index (χ2v) is 5.84. The van der Waals surface area contributed by atoms with Crippen LogP contribution in [0, 0.1) is 12.7 Å². The Balaban J connectivity index is 2.10. The maximum absolute atomic E-state index is 13.9. The summed E-state index contributed by atoms with van der Waals surface area (Å²) in [5.74, 6) is -0.208. The molecule has 1 aliphatic rings. The Kier molecular flexibility index (Phi) is 2.92. The van der Waals surface area contributed by atoms with Gasteiger partial charge < -0.3 is 5.73 Å². The molecule has 1 aromatic carbocycles. The molecule has 18 heavy (non-hydrogen) atoms. The summed E-state index contributed by atoms with van der Waals surface area (Å²) in [5.41, 5.74) is 8.79. The van der Waals surface area contributed by atoms with Crippen molar-refractivity contribution in [3.8, 4) is 10.6 Å². The lowest BCUT2D eigenvalue weighted by atomic mass is 9.99. The maximum atomic E-state index is 13.9. The predicted molar refractivity (Wildman–Crippen MR) is 72.1 cm³/mol. The Morgan fingerprint density at radius 1 is 1.44 bits per heavy atom. The predicted octanol–water partition coefficient (Wildman–Crippen LogP) is 3.59. The molecule has 94 valence electrons. The van der Waals surface area contributed by atoms with Gasteiger partial charge in [0.25, 0.3) is 0 Å². The molecule has 0 saturated heterocycles. The van der Waals surface area contributed by atoms with Gasteiger partial charge in [0.2, 0.25) is 0 Å². The van der Waals surface area contributed by atoms with Crippen LogP contribution < -0.4 is 5.73 Å². The number of aromatic nitrogens is 1. The largest absolute Gasteiger partial charge is 0.323 e. The monoisotopic (exact) mass is 262 g/mol. The van der Waals surface area contributed by atoms with E-state index >= 15 is 0 Å². The quantitative estimate of drug-likeness (QED) is 0.853. The lowest BCUT2D eigenvalue weighted by Crippen LogP contribution is -2.15. The molecule has 0 spiro atoms. The molecule has 0 fully saturated rings. The van der Waals surface area contributed by atoms with Gasteiger partial charge in [-0.25, -0.2) is 9.37 Å². The zero-order valence-corrected chi connectivity index (χ0v) is 11.1. The first-order chi connectivity index (χ1) is 8.65. The van der Waals surface area contributed by atoms with Crippen LogP contribution in [0.3, 0.4) is 0 Å². The third kappa shape index (κ3) is 1.95. The average molecular weight is 262 g/mol. The van der Waals surface area contributed by atoms with Crippen LogP contribution in [0.15, 0.2) is 18.2 Å². The SMILES string of the molecule is Cc1ccc(F)c(-c2nc3c(s2)C(N)CCC3)c1. The van der Waals surface area contributed by atoms with Crippen molar-refractivity contribution >= 4 is 11.3 Å². The van der Waals surface area contributed by atoms with Crippen LogP contribution in [0.25, 0.3) is 10.6 Å². The van der Waals surface area contributed by atoms with Gasteiger partial charge >= 0.3 is 0 Å². The number of halogens is 1. The molecule has 0 amide bonds. The fourth-order valence-corrected chi connectivity index (χ4v) is 3.54. The summed E-state index contributed by atoms with van der Waals surface area (Å²) in [4.78, 5) is 5.71. The van der Waals surface area contributed by atoms with Crippen molar-refractivity contribution in [1.82, 2.24) is 4.98 Å². The molecule has 2 nitrogen and oxygen atoms in total. The van der Waals surface area contributed by atoms with Crippen LogP contribution in [0.4, 0.5) is 4.39 Å². The molecule has 1 unspecified atom stereocenters. The molecule has 0 bridgehead atoms. The lowest BCUT2D eigenvalue weighted by Gasteiger charge is -2.15. The standard InChI is InChI=1S/C14H15FN2S/c1-8-5-6-10(15)9(7-8)14-17-12-4-2-3-11(16)13(12)18-14/h5-7,11H,2-4,16H2,1H3. The van der Waals surface area contributed by atoms with Crippen LogP contribution in [-0.2, 0) is 6.42 Å². The molecule has 2 aromatic rings. The van der Waals surface area contributed by atoms with E-state index in [1.807, 2.05) is 13.0 Å². The van der Waals surface area contributed by atoms with Crippen molar-refractivity contribution in [2.75, 3.05) is 0 Å². The summed E-state index contributed by atoms with van der Waals surface area (Å²) in [6, 6.07) is 5.21. The van der Waals surface area contributed by atoms with Gasteiger partial charge in [0.05, 0.1) is 5.69 Å². The van der Waals surface area contributed by atoms with Gasteiger partial charge in [-0.15, -0.1) is 11.3 Å². The van der Waals surface area contributed by atoms with Crippen molar-refractivity contribution in [2.24, 2.45) is 5.73 Å². The second-order valence-electron chi connectivity index (χ2n) is 4.81. The van der Waals surface area contributed by atoms with Crippen molar-refractivity contribution in [3.63, 3.8) is 0 Å². The van der Waals surface area contributed by atoms with Crippen LogP contribution >= 0.6 is 11.3 Å². The third-order valence-corrected chi connectivity index (χ3v) is 4.61. The highest BCUT2D eigenvalue weighted by Gasteiger charge is 2.23. The molecule has 1 aliphatic carbocycles. The zero-order valence-electron chi connectivity index (χ0n) is 10.2. The zero-order chi connectivity index (χ0) is 12.7. The number of hydrogen-bond acceptors (Lipinski definition) is 3. The highest BCUT2D eigenvalue weighted by Crippen LogP contribution is 2.37. The summed E-state index contributed by atoms with van der Waals surface area (Å²) < 4.78 is 13.9. The Morgan fingerprint density at radius 2 is 2.28 bits per heavy atom. The van der Waals surface area contributed by atoms with E-state index in [0.717, 1.165) is 40.4 Å². The minimum atomic E-state index is -0.208. The van der Waals surface area contributed by atoms with E-state index in [-0.39, 0.29) is 11.9 Å². The van der Waals surface area contributed by atoms with E-state index in [0.29, 0.717) is 5.56 Å². The summed E-state index contributed by atoms with van der Waals surface area (Å²) in [6.07, 6.45) is 3.05. The number of nitrogens with zero attached hydrogens (tertiary/aromatic N) is 1. The van der Waals surface area contributed by atoms with Gasteiger partial charge in [0, 0.05) is 16.5 Å². The van der Waals surface area contributed by atoms with Crippen LogP contribution in [0.5, 0.6) is 0 Å². The summed E-state index contributed by atoms with van der Waals surface area (Å²) >= 11 is 1.54. The molecule has 1 aromatic heterocycles. The Morgan fingerprint density at radius 3 is 3.06 bits per heavy atom. The van der Waals surface area contributed by atoms with E-state index in [2.05, 4.69) is 4.98 Å². The van der Waals surface area contributed by atoms with Gasteiger partial charge in [0.1, 0.15) is 10.8 Å². The Labute approximate surface area is 110 Å². The molecular weight excluding hydrogens is 247 g/mol. The van der Waals surface area contributed by atoms with Gasteiger partial charge in [-0.2, -0.15) is 0 Å². The smallest absolute Gasteiger partial charge is 0.133 e. The highest BCUT2D eigenvalue weighted by atomic mass is 32.1. The third-order valence-electron chi connectivity index (χ3n) is 3.35. The van der Waals surface area contributed by atoms with E-state index < -0.39 is 0 Å². The maximum Gasteiger partial charge on any atom is 0.133 e. The number of aryl methyl sites for hydroxylation is 2. The molecule has 4 heteroatoms. The topological polar surface area (TPSA) is 38.9 Å². The van der Waals surface area contributed by atoms with Gasteiger partial charge in [-0.05, 0) is 38.3 Å². The molecular formula is C14H15FN2S. The van der Waals surface area contributed by atoms with E-state index in [4.69, 9.17) is 5.73 Å². The molecule has 0 aliphatic heterocycles. The summed E-state index contributed by atoms with van der Waals surface area (Å²) in [7, 11) is 0. The molecule has 2 N–H and O–H groups in total. The van der Waals surface area contributed by atoms with Crippen LogP contribution in [0.1, 0.15) is 35.0 Å².